The van der Waals surface area contributed by atoms with Crippen molar-refractivity contribution >= 4 is 62.7 Å². The molecule has 8 nitrogen and oxygen atoms in total. The molecule has 4 rings (SSSR count). The minimum Gasteiger partial charge on any atom is -0.462 e. The molecule has 1 saturated heterocycles. The molecule has 2 heterocycles. The number of aromatic nitrogens is 1. The molecule has 10 heteroatoms. The first-order valence-corrected chi connectivity index (χ1v) is 13.0. The number of hydrogen-bond acceptors (Lipinski definition) is 7. The van der Waals surface area contributed by atoms with Gasteiger partial charge in [-0.1, -0.05) is 11.3 Å². The van der Waals surface area contributed by atoms with Gasteiger partial charge in [0.1, 0.15) is 0 Å². The molecule has 1 fully saturated rings. The van der Waals surface area contributed by atoms with Crippen molar-refractivity contribution in [2.24, 2.45) is 4.99 Å². The van der Waals surface area contributed by atoms with Crippen molar-refractivity contribution in [1.29, 1.82) is 0 Å². The van der Waals surface area contributed by atoms with E-state index in [0.29, 0.717) is 34.8 Å². The maximum atomic E-state index is 12.9. The van der Waals surface area contributed by atoms with Crippen molar-refractivity contribution < 1.29 is 23.9 Å². The summed E-state index contributed by atoms with van der Waals surface area (Å²) >= 11 is 3.02. The van der Waals surface area contributed by atoms with E-state index in [1.54, 1.807) is 55.1 Å². The van der Waals surface area contributed by atoms with Crippen LogP contribution in [0.25, 0.3) is 10.2 Å². The number of anilines is 1. The monoisotopic (exact) mass is 497 g/mol. The summed E-state index contributed by atoms with van der Waals surface area (Å²) in [7, 11) is 0. The van der Waals surface area contributed by atoms with Crippen LogP contribution in [0.5, 0.6) is 0 Å². The Labute approximate surface area is 204 Å². The van der Waals surface area contributed by atoms with Crippen molar-refractivity contribution in [3.8, 4) is 0 Å². The summed E-state index contributed by atoms with van der Waals surface area (Å²) in [4.78, 5) is 55.0. The lowest BCUT2D eigenvalue weighted by molar-refractivity contribution is -0.121. The van der Waals surface area contributed by atoms with Crippen LogP contribution in [0.3, 0.4) is 0 Å². The van der Waals surface area contributed by atoms with E-state index in [9.17, 15) is 19.2 Å². The molecule has 0 spiro atoms. The third kappa shape index (κ3) is 4.83. The molecular weight excluding hydrogens is 474 g/mol. The molecule has 1 aliphatic rings. The van der Waals surface area contributed by atoms with Gasteiger partial charge >= 0.3 is 5.97 Å². The minimum absolute atomic E-state index is 0.203. The van der Waals surface area contributed by atoms with Gasteiger partial charge < -0.3 is 9.30 Å². The first-order chi connectivity index (χ1) is 16.4. The smallest absolute Gasteiger partial charge is 0.338 e. The molecule has 0 saturated carbocycles. The van der Waals surface area contributed by atoms with Gasteiger partial charge in [0.25, 0.3) is 5.91 Å². The van der Waals surface area contributed by atoms with E-state index in [1.165, 1.54) is 11.3 Å². The van der Waals surface area contributed by atoms with Gasteiger partial charge in [-0.25, -0.2) is 4.79 Å². The number of nitrogens with zero attached hydrogens (tertiary/aromatic N) is 3. The summed E-state index contributed by atoms with van der Waals surface area (Å²) in [5, 5.41) is 0. The molecule has 176 valence electrons. The largest absolute Gasteiger partial charge is 0.462 e. The van der Waals surface area contributed by atoms with Crippen LogP contribution in [0.1, 0.15) is 40.5 Å². The predicted molar refractivity (Wildman–Crippen MR) is 132 cm³/mol. The van der Waals surface area contributed by atoms with Gasteiger partial charge in [-0.15, -0.1) is 0 Å². The Bertz CT molecular complexity index is 1320. The number of thiazole rings is 1. The Hall–Kier alpha value is -3.24. The first-order valence-electron chi connectivity index (χ1n) is 10.8. The molecule has 0 aliphatic carbocycles. The maximum Gasteiger partial charge on any atom is 0.338 e. The van der Waals surface area contributed by atoms with Crippen molar-refractivity contribution in [2.75, 3.05) is 23.5 Å². The number of amides is 3. The molecule has 0 unspecified atom stereocenters. The highest BCUT2D eigenvalue weighted by Gasteiger charge is 2.30. The number of benzene rings is 2. The quantitative estimate of drug-likeness (QED) is 0.365. The van der Waals surface area contributed by atoms with Gasteiger partial charge in [-0.05, 0) is 55.6 Å². The molecule has 0 radical (unpaired) electrons. The average Bonchev–Trinajstić information content (AvgIpc) is 3.35. The minimum atomic E-state index is -0.430. The van der Waals surface area contributed by atoms with Crippen molar-refractivity contribution in [1.82, 2.24) is 4.57 Å². The fourth-order valence-electron chi connectivity index (χ4n) is 3.67. The van der Waals surface area contributed by atoms with Crippen LogP contribution in [-0.2, 0) is 20.9 Å². The number of thioether (sulfide) groups is 1. The number of esters is 1. The number of imide groups is 1. The number of carbonyl (C=O) groups is 4. The third-order valence-corrected chi connectivity index (χ3v) is 6.97. The Morgan fingerprint density at radius 2 is 1.74 bits per heavy atom. The molecule has 3 aromatic rings. The van der Waals surface area contributed by atoms with Gasteiger partial charge in [-0.3, -0.25) is 19.3 Å². The lowest BCUT2D eigenvalue weighted by Gasteiger charge is -2.13. The Kier molecular flexibility index (Phi) is 7.28. The second-order valence-corrected chi connectivity index (χ2v) is 9.51. The predicted octanol–water partition coefficient (Wildman–Crippen LogP) is 3.64. The summed E-state index contributed by atoms with van der Waals surface area (Å²) in [6.07, 6.45) is 2.41. The number of aryl methyl sites for hydroxylation is 1. The van der Waals surface area contributed by atoms with Crippen LogP contribution >= 0.6 is 23.1 Å². The van der Waals surface area contributed by atoms with Gasteiger partial charge in [0, 0.05) is 30.7 Å². The molecule has 0 bridgehead atoms. The number of hydrogen-bond donors (Lipinski definition) is 0. The van der Waals surface area contributed by atoms with Crippen LogP contribution in [0.4, 0.5) is 5.69 Å². The van der Waals surface area contributed by atoms with E-state index in [2.05, 4.69) is 4.99 Å². The SMILES string of the molecule is CCOC(=O)c1ccc2c(c1)sc(=NC(=O)c1ccc(N3C(=O)CCC3=O)cc1)n2CCSC. The van der Waals surface area contributed by atoms with E-state index < -0.39 is 11.9 Å². The number of rotatable bonds is 7. The Balaban J connectivity index is 1.68. The average molecular weight is 498 g/mol. The molecule has 34 heavy (non-hydrogen) atoms. The van der Waals surface area contributed by atoms with Crippen LogP contribution < -0.4 is 9.70 Å². The zero-order valence-corrected chi connectivity index (χ0v) is 20.4. The Morgan fingerprint density at radius 1 is 1.06 bits per heavy atom. The van der Waals surface area contributed by atoms with E-state index in [-0.39, 0.29) is 24.7 Å². The van der Waals surface area contributed by atoms with Crippen LogP contribution in [0.2, 0.25) is 0 Å². The summed E-state index contributed by atoms with van der Waals surface area (Å²) in [5.74, 6) is -0.467. The van der Waals surface area contributed by atoms with Gasteiger partial charge in [0.15, 0.2) is 4.80 Å². The van der Waals surface area contributed by atoms with Crippen LogP contribution in [-0.4, -0.2) is 46.9 Å². The number of fused-ring (bicyclic) bond motifs is 1. The normalized spacial score (nSPS) is 14.3. The highest BCUT2D eigenvalue weighted by molar-refractivity contribution is 7.98. The molecule has 0 N–H and O–H groups in total. The zero-order chi connectivity index (χ0) is 24.2. The topological polar surface area (TPSA) is 98.0 Å². The van der Waals surface area contributed by atoms with Crippen LogP contribution in [0, 0.1) is 0 Å². The highest BCUT2D eigenvalue weighted by Crippen LogP contribution is 2.23. The van der Waals surface area contributed by atoms with Crippen LogP contribution in [0.15, 0.2) is 47.5 Å². The number of carbonyl (C=O) groups excluding carboxylic acids is 4. The molecule has 1 aliphatic heterocycles. The molecule has 1 aromatic heterocycles. The lowest BCUT2D eigenvalue weighted by Crippen LogP contribution is -2.28. The fraction of sp³-hybridized carbons (Fsp3) is 0.292. The second-order valence-electron chi connectivity index (χ2n) is 7.52. The number of ether oxygens (including phenoxy) is 1. The van der Waals surface area contributed by atoms with E-state index in [1.807, 2.05) is 16.9 Å². The lowest BCUT2D eigenvalue weighted by atomic mass is 10.2. The van der Waals surface area contributed by atoms with Crippen molar-refractivity contribution in [2.45, 2.75) is 26.3 Å². The third-order valence-electron chi connectivity index (χ3n) is 5.33. The molecule has 2 aromatic carbocycles. The van der Waals surface area contributed by atoms with Gasteiger partial charge in [-0.2, -0.15) is 16.8 Å². The Morgan fingerprint density at radius 3 is 2.38 bits per heavy atom. The van der Waals surface area contributed by atoms with E-state index in [4.69, 9.17) is 4.74 Å². The molecule has 0 atom stereocenters. The summed E-state index contributed by atoms with van der Waals surface area (Å²) in [6, 6.07) is 11.6. The van der Waals surface area contributed by atoms with Crippen molar-refractivity contribution in [3.05, 3.63) is 58.4 Å². The summed E-state index contributed by atoms with van der Waals surface area (Å²) in [6.45, 7) is 2.71. The van der Waals surface area contributed by atoms with Gasteiger partial charge in [0.05, 0.1) is 28.1 Å². The molecule has 3 amide bonds. The zero-order valence-electron chi connectivity index (χ0n) is 18.8. The highest BCUT2D eigenvalue weighted by atomic mass is 32.2. The fourth-order valence-corrected chi connectivity index (χ4v) is 5.13. The molecular formula is C24H23N3O5S2. The van der Waals surface area contributed by atoms with Gasteiger partial charge in [0.2, 0.25) is 11.8 Å². The van der Waals surface area contributed by atoms with E-state index >= 15 is 0 Å². The maximum absolute atomic E-state index is 12.9. The first kappa shape index (κ1) is 23.9. The summed E-state index contributed by atoms with van der Waals surface area (Å²) in [5.41, 5.74) is 2.14. The van der Waals surface area contributed by atoms with E-state index in [0.717, 1.165) is 20.9 Å². The van der Waals surface area contributed by atoms with Crippen molar-refractivity contribution in [3.63, 3.8) is 0 Å². The standard InChI is InChI=1S/C24H23N3O5S2/c1-3-32-23(31)16-6-9-18-19(14-16)34-24(26(18)12-13-33-2)25-22(30)15-4-7-17(8-5-15)27-20(28)10-11-21(27)29/h4-9,14H,3,10-13H2,1-2H3. The second kappa shape index (κ2) is 10.4. The summed E-state index contributed by atoms with van der Waals surface area (Å²) < 4.78 is 7.90.